The van der Waals surface area contributed by atoms with Crippen LogP contribution in [0.25, 0.3) is 0 Å². The molecule has 0 unspecified atom stereocenters. The number of benzene rings is 2. The molecule has 1 aliphatic rings. The van der Waals surface area contributed by atoms with Crippen LogP contribution in [0.2, 0.25) is 0 Å². The lowest BCUT2D eigenvalue weighted by molar-refractivity contribution is -0.155. The average molecular weight is 398 g/mol. The van der Waals surface area contributed by atoms with E-state index in [2.05, 4.69) is 5.32 Å². The van der Waals surface area contributed by atoms with Crippen LogP contribution >= 0.6 is 0 Å². The van der Waals surface area contributed by atoms with E-state index in [0.717, 1.165) is 16.7 Å². The molecule has 2 amide bonds. The van der Waals surface area contributed by atoms with Gasteiger partial charge in [-0.25, -0.2) is 0 Å². The molecule has 1 atom stereocenters. The van der Waals surface area contributed by atoms with Crippen molar-refractivity contribution in [1.82, 2.24) is 10.2 Å². The molecule has 2 aromatic rings. The number of amides is 2. The molecule has 29 heavy (non-hydrogen) atoms. The van der Waals surface area contributed by atoms with Crippen molar-refractivity contribution < 1.29 is 23.8 Å². The van der Waals surface area contributed by atoms with Gasteiger partial charge in [-0.2, -0.15) is 0 Å². The van der Waals surface area contributed by atoms with Gasteiger partial charge in [0.25, 0.3) is 0 Å². The highest BCUT2D eigenvalue weighted by Gasteiger charge is 2.34. The largest absolute Gasteiger partial charge is 0.497 e. The van der Waals surface area contributed by atoms with E-state index in [1.807, 2.05) is 37.3 Å². The van der Waals surface area contributed by atoms with Gasteiger partial charge in [-0.3, -0.25) is 9.59 Å². The Morgan fingerprint density at radius 1 is 1.17 bits per heavy atom. The summed E-state index contributed by atoms with van der Waals surface area (Å²) in [6, 6.07) is 12.6. The summed E-state index contributed by atoms with van der Waals surface area (Å²) in [4.78, 5) is 26.9. The number of nitrogens with one attached hydrogen (secondary N) is 1. The number of ether oxygens (including phenoxy) is 3. The van der Waals surface area contributed by atoms with Crippen molar-refractivity contribution in [2.45, 2.75) is 26.1 Å². The maximum Gasteiger partial charge on any atom is 0.249 e. The first-order valence-electron chi connectivity index (χ1n) is 9.43. The molecule has 0 spiro atoms. The van der Waals surface area contributed by atoms with Gasteiger partial charge in [0, 0.05) is 18.7 Å². The first-order valence-corrected chi connectivity index (χ1v) is 9.43. The molecule has 1 fully saturated rings. The molecule has 0 saturated carbocycles. The molecule has 0 radical (unpaired) electrons. The van der Waals surface area contributed by atoms with Gasteiger partial charge in [0.2, 0.25) is 11.8 Å². The quantitative estimate of drug-likeness (QED) is 0.773. The van der Waals surface area contributed by atoms with Crippen LogP contribution in [0.5, 0.6) is 11.5 Å². The monoisotopic (exact) mass is 398 g/mol. The molecule has 0 aromatic heterocycles. The van der Waals surface area contributed by atoms with Crippen LogP contribution in [0.15, 0.2) is 42.5 Å². The van der Waals surface area contributed by atoms with E-state index in [-0.39, 0.29) is 31.6 Å². The van der Waals surface area contributed by atoms with E-state index in [9.17, 15) is 9.59 Å². The molecule has 3 rings (SSSR count). The second kappa shape index (κ2) is 9.43. The normalized spacial score (nSPS) is 16.4. The lowest BCUT2D eigenvalue weighted by Crippen LogP contribution is -2.55. The number of nitrogens with zero attached hydrogens (tertiary/aromatic N) is 1. The van der Waals surface area contributed by atoms with Crippen molar-refractivity contribution in [3.63, 3.8) is 0 Å². The molecule has 154 valence electrons. The smallest absolute Gasteiger partial charge is 0.249 e. The highest BCUT2D eigenvalue weighted by atomic mass is 16.5. The molecule has 0 aliphatic carbocycles. The molecule has 1 heterocycles. The third-order valence-electron chi connectivity index (χ3n) is 4.91. The Hall–Kier alpha value is -3.06. The van der Waals surface area contributed by atoms with Crippen molar-refractivity contribution in [2.75, 3.05) is 27.4 Å². The Labute approximate surface area is 170 Å². The number of morpholine rings is 1. The van der Waals surface area contributed by atoms with Crippen LogP contribution in [0, 0.1) is 6.92 Å². The van der Waals surface area contributed by atoms with Crippen LogP contribution in [-0.4, -0.2) is 50.2 Å². The van der Waals surface area contributed by atoms with Gasteiger partial charge in [-0.1, -0.05) is 29.8 Å². The Bertz CT molecular complexity index is 866. The van der Waals surface area contributed by atoms with E-state index in [1.165, 1.54) is 0 Å². The Kier molecular flexibility index (Phi) is 6.72. The first-order chi connectivity index (χ1) is 14.0. The van der Waals surface area contributed by atoms with Crippen LogP contribution in [-0.2, 0) is 27.4 Å². The van der Waals surface area contributed by atoms with Crippen molar-refractivity contribution in [1.29, 1.82) is 0 Å². The molecular weight excluding hydrogens is 372 g/mol. The summed E-state index contributed by atoms with van der Waals surface area (Å²) in [6.45, 7) is 2.77. The topological polar surface area (TPSA) is 77.1 Å². The van der Waals surface area contributed by atoms with Crippen molar-refractivity contribution in [3.05, 3.63) is 59.2 Å². The first kappa shape index (κ1) is 20.7. The maximum atomic E-state index is 12.9. The molecule has 1 N–H and O–H groups in total. The van der Waals surface area contributed by atoms with Gasteiger partial charge in [0.1, 0.15) is 24.1 Å². The van der Waals surface area contributed by atoms with Crippen LogP contribution in [0.1, 0.15) is 16.7 Å². The summed E-state index contributed by atoms with van der Waals surface area (Å²) in [5, 5.41) is 2.89. The zero-order valence-electron chi connectivity index (χ0n) is 16.9. The minimum Gasteiger partial charge on any atom is -0.497 e. The molecule has 1 aliphatic heterocycles. The molecule has 0 bridgehead atoms. The number of methoxy groups -OCH3 is 2. The zero-order valence-corrected chi connectivity index (χ0v) is 16.9. The SMILES string of the molecule is COc1ccc(OC)c(CNC(=O)[C@@H]2COCC(=O)N2Cc2ccc(C)cc2)c1. The third kappa shape index (κ3) is 5.06. The summed E-state index contributed by atoms with van der Waals surface area (Å²) < 4.78 is 15.9. The van der Waals surface area contributed by atoms with E-state index in [1.54, 1.807) is 31.3 Å². The summed E-state index contributed by atoms with van der Waals surface area (Å²) >= 11 is 0. The van der Waals surface area contributed by atoms with Crippen molar-refractivity contribution in [3.8, 4) is 11.5 Å². The number of carbonyl (C=O) groups excluding carboxylic acids is 2. The van der Waals surface area contributed by atoms with E-state index < -0.39 is 6.04 Å². The molecule has 2 aromatic carbocycles. The van der Waals surface area contributed by atoms with Crippen LogP contribution in [0.3, 0.4) is 0 Å². The van der Waals surface area contributed by atoms with Crippen molar-refractivity contribution in [2.24, 2.45) is 0 Å². The fourth-order valence-corrected chi connectivity index (χ4v) is 3.23. The van der Waals surface area contributed by atoms with Crippen molar-refractivity contribution >= 4 is 11.8 Å². The predicted octanol–water partition coefficient (Wildman–Crippen LogP) is 2.06. The molecular formula is C22H26N2O5. The summed E-state index contributed by atoms with van der Waals surface area (Å²) in [7, 11) is 3.15. The molecule has 7 nitrogen and oxygen atoms in total. The second-order valence-electron chi connectivity index (χ2n) is 6.93. The predicted molar refractivity (Wildman–Crippen MR) is 108 cm³/mol. The van der Waals surface area contributed by atoms with Gasteiger partial charge in [0.15, 0.2) is 0 Å². The van der Waals surface area contributed by atoms with Gasteiger partial charge in [-0.05, 0) is 30.7 Å². The molecule has 1 saturated heterocycles. The number of carbonyl (C=O) groups is 2. The number of aryl methyl sites for hydroxylation is 1. The third-order valence-corrected chi connectivity index (χ3v) is 4.91. The Morgan fingerprint density at radius 2 is 1.93 bits per heavy atom. The van der Waals surface area contributed by atoms with Gasteiger partial charge < -0.3 is 24.4 Å². The molecule has 7 heteroatoms. The highest BCUT2D eigenvalue weighted by molar-refractivity contribution is 5.89. The Morgan fingerprint density at radius 3 is 2.62 bits per heavy atom. The van der Waals surface area contributed by atoms with E-state index in [0.29, 0.717) is 18.0 Å². The highest BCUT2D eigenvalue weighted by Crippen LogP contribution is 2.24. The number of hydrogen-bond donors (Lipinski definition) is 1. The zero-order chi connectivity index (χ0) is 20.8. The lowest BCUT2D eigenvalue weighted by Gasteiger charge is -2.34. The van der Waals surface area contributed by atoms with Gasteiger partial charge >= 0.3 is 0 Å². The van der Waals surface area contributed by atoms with Crippen LogP contribution in [0.4, 0.5) is 0 Å². The fourth-order valence-electron chi connectivity index (χ4n) is 3.23. The maximum absolute atomic E-state index is 12.9. The van der Waals surface area contributed by atoms with E-state index in [4.69, 9.17) is 14.2 Å². The Balaban J connectivity index is 1.70. The second-order valence-corrected chi connectivity index (χ2v) is 6.93. The lowest BCUT2D eigenvalue weighted by atomic mass is 10.1. The number of hydrogen-bond acceptors (Lipinski definition) is 5. The summed E-state index contributed by atoms with van der Waals surface area (Å²) in [6.07, 6.45) is 0. The van der Waals surface area contributed by atoms with Gasteiger partial charge in [0.05, 0.1) is 20.8 Å². The summed E-state index contributed by atoms with van der Waals surface area (Å²) in [5.41, 5.74) is 2.90. The summed E-state index contributed by atoms with van der Waals surface area (Å²) in [5.74, 6) is 0.858. The minimum atomic E-state index is -0.686. The van der Waals surface area contributed by atoms with E-state index >= 15 is 0 Å². The van der Waals surface area contributed by atoms with Gasteiger partial charge in [-0.15, -0.1) is 0 Å². The standard InChI is InChI=1S/C22H26N2O5/c1-15-4-6-16(7-5-15)12-24-19(13-29-14-21(24)25)22(26)23-11-17-10-18(27-2)8-9-20(17)28-3/h4-10,19H,11-14H2,1-3H3,(H,23,26)/t19-/m0/s1. The average Bonchev–Trinajstić information content (AvgIpc) is 2.74. The fraction of sp³-hybridized carbons (Fsp3) is 0.364. The number of rotatable bonds is 7. The minimum absolute atomic E-state index is 0.0145. The van der Waals surface area contributed by atoms with Crippen LogP contribution < -0.4 is 14.8 Å².